The smallest absolute Gasteiger partial charge is 0.240 e. The zero-order valence-electron chi connectivity index (χ0n) is 11.9. The Kier molecular flexibility index (Phi) is 5.15. The number of nitrogens with one attached hydrogen (secondary N) is 2. The Labute approximate surface area is 120 Å². The van der Waals surface area contributed by atoms with Crippen LogP contribution in [0.1, 0.15) is 24.8 Å². The van der Waals surface area contributed by atoms with Crippen molar-refractivity contribution in [2.75, 3.05) is 14.2 Å². The maximum Gasteiger partial charge on any atom is 0.240 e. The molecule has 2 unspecified atom stereocenters. The number of rotatable bonds is 6. The average molecular weight is 298 g/mol. The van der Waals surface area contributed by atoms with Gasteiger partial charge in [0.2, 0.25) is 10.0 Å². The topological polar surface area (TPSA) is 67.4 Å². The van der Waals surface area contributed by atoms with E-state index in [0.29, 0.717) is 4.90 Å². The van der Waals surface area contributed by atoms with Gasteiger partial charge in [0.05, 0.1) is 11.0 Å². The summed E-state index contributed by atoms with van der Waals surface area (Å²) in [5, 5.41) is 3.03. The van der Waals surface area contributed by atoms with E-state index in [0.717, 1.165) is 31.4 Å². The third-order valence-corrected chi connectivity index (χ3v) is 5.19. The second-order valence-corrected chi connectivity index (χ2v) is 6.88. The number of ether oxygens (including phenoxy) is 1. The van der Waals surface area contributed by atoms with Crippen molar-refractivity contribution in [1.29, 1.82) is 0 Å². The molecule has 1 aromatic carbocycles. The second-order valence-electron chi connectivity index (χ2n) is 5.16. The highest BCUT2D eigenvalue weighted by atomic mass is 32.2. The van der Waals surface area contributed by atoms with Gasteiger partial charge in [-0.1, -0.05) is 12.1 Å². The van der Waals surface area contributed by atoms with E-state index in [2.05, 4.69) is 10.0 Å². The van der Waals surface area contributed by atoms with Crippen molar-refractivity contribution in [2.24, 2.45) is 0 Å². The van der Waals surface area contributed by atoms with Crippen LogP contribution < -0.4 is 10.0 Å². The Bertz CT molecular complexity index is 528. The minimum absolute atomic E-state index is 0.0260. The second kappa shape index (κ2) is 6.67. The van der Waals surface area contributed by atoms with Crippen LogP contribution in [0.4, 0.5) is 0 Å². The first kappa shape index (κ1) is 15.4. The van der Waals surface area contributed by atoms with E-state index in [1.807, 2.05) is 19.2 Å². The molecule has 0 radical (unpaired) electrons. The predicted octanol–water partition coefficient (Wildman–Crippen LogP) is 1.25. The minimum Gasteiger partial charge on any atom is -0.381 e. The Balaban J connectivity index is 2.03. The molecule has 1 aliphatic rings. The van der Waals surface area contributed by atoms with Crippen LogP contribution in [-0.2, 0) is 21.3 Å². The summed E-state index contributed by atoms with van der Waals surface area (Å²) in [5.74, 6) is 0. The SMILES string of the molecule is CNCc1ccc(S(=O)(=O)NC2CCC(OC)C2)cc1. The van der Waals surface area contributed by atoms with Gasteiger partial charge in [0, 0.05) is 19.7 Å². The first-order valence-electron chi connectivity index (χ1n) is 6.84. The zero-order chi connectivity index (χ0) is 14.6. The van der Waals surface area contributed by atoms with Gasteiger partial charge in [-0.05, 0) is 44.0 Å². The van der Waals surface area contributed by atoms with Crippen LogP contribution in [-0.4, -0.2) is 34.7 Å². The largest absolute Gasteiger partial charge is 0.381 e. The lowest BCUT2D eigenvalue weighted by Crippen LogP contribution is -2.33. The number of hydrogen-bond acceptors (Lipinski definition) is 4. The van der Waals surface area contributed by atoms with Crippen LogP contribution >= 0.6 is 0 Å². The summed E-state index contributed by atoms with van der Waals surface area (Å²) >= 11 is 0. The van der Waals surface area contributed by atoms with Crippen LogP contribution in [0.25, 0.3) is 0 Å². The van der Waals surface area contributed by atoms with Gasteiger partial charge >= 0.3 is 0 Å². The summed E-state index contributed by atoms with van der Waals surface area (Å²) in [6.45, 7) is 0.728. The van der Waals surface area contributed by atoms with Gasteiger partial charge in [-0.25, -0.2) is 13.1 Å². The van der Waals surface area contributed by atoms with Crippen LogP contribution in [0, 0.1) is 0 Å². The molecule has 0 aliphatic heterocycles. The van der Waals surface area contributed by atoms with Gasteiger partial charge in [-0.3, -0.25) is 0 Å². The summed E-state index contributed by atoms with van der Waals surface area (Å²) in [5.41, 5.74) is 1.06. The van der Waals surface area contributed by atoms with Gasteiger partial charge in [0.15, 0.2) is 0 Å². The van der Waals surface area contributed by atoms with E-state index in [9.17, 15) is 8.42 Å². The number of methoxy groups -OCH3 is 1. The van der Waals surface area contributed by atoms with Gasteiger partial charge in [-0.2, -0.15) is 0 Å². The fourth-order valence-corrected chi connectivity index (χ4v) is 3.82. The Morgan fingerprint density at radius 1 is 1.25 bits per heavy atom. The molecule has 5 nitrogen and oxygen atoms in total. The molecule has 112 valence electrons. The summed E-state index contributed by atoms with van der Waals surface area (Å²) in [7, 11) is 0.0953. The molecule has 2 rings (SSSR count). The summed E-state index contributed by atoms with van der Waals surface area (Å²) in [6.07, 6.45) is 2.65. The maximum atomic E-state index is 12.3. The van der Waals surface area contributed by atoms with Crippen molar-refractivity contribution in [2.45, 2.75) is 42.8 Å². The highest BCUT2D eigenvalue weighted by Gasteiger charge is 2.28. The van der Waals surface area contributed by atoms with Crippen molar-refractivity contribution < 1.29 is 13.2 Å². The standard InChI is InChI=1S/C14H22N2O3S/c1-15-10-11-3-7-14(8-4-11)20(17,18)16-12-5-6-13(9-12)19-2/h3-4,7-8,12-13,15-16H,5-6,9-10H2,1-2H3. The lowest BCUT2D eigenvalue weighted by molar-refractivity contribution is 0.107. The lowest BCUT2D eigenvalue weighted by atomic mass is 10.2. The van der Waals surface area contributed by atoms with E-state index in [1.165, 1.54) is 0 Å². The number of sulfonamides is 1. The number of hydrogen-bond donors (Lipinski definition) is 2. The monoisotopic (exact) mass is 298 g/mol. The molecule has 0 spiro atoms. The van der Waals surface area contributed by atoms with E-state index in [-0.39, 0.29) is 12.1 Å². The van der Waals surface area contributed by atoms with Gasteiger partial charge in [0.25, 0.3) is 0 Å². The van der Waals surface area contributed by atoms with Crippen LogP contribution in [0.3, 0.4) is 0 Å². The number of benzene rings is 1. The normalized spacial score (nSPS) is 23.1. The van der Waals surface area contributed by atoms with Crippen molar-refractivity contribution in [3.8, 4) is 0 Å². The molecule has 1 saturated carbocycles. The molecular weight excluding hydrogens is 276 g/mol. The lowest BCUT2D eigenvalue weighted by Gasteiger charge is -2.13. The first-order valence-corrected chi connectivity index (χ1v) is 8.32. The molecule has 6 heteroatoms. The fourth-order valence-electron chi connectivity index (χ4n) is 2.54. The highest BCUT2D eigenvalue weighted by molar-refractivity contribution is 7.89. The molecule has 2 N–H and O–H groups in total. The molecule has 0 amide bonds. The predicted molar refractivity (Wildman–Crippen MR) is 78.0 cm³/mol. The third kappa shape index (κ3) is 3.79. The molecule has 1 aliphatic carbocycles. The molecule has 0 heterocycles. The molecule has 1 fully saturated rings. The van der Waals surface area contributed by atoms with E-state index < -0.39 is 10.0 Å². The summed E-state index contributed by atoms with van der Waals surface area (Å²) < 4.78 is 32.6. The zero-order valence-corrected chi connectivity index (χ0v) is 12.7. The third-order valence-electron chi connectivity index (χ3n) is 3.65. The van der Waals surface area contributed by atoms with Gasteiger partial charge in [-0.15, -0.1) is 0 Å². The first-order chi connectivity index (χ1) is 9.55. The van der Waals surface area contributed by atoms with Crippen molar-refractivity contribution in [1.82, 2.24) is 10.0 Å². The van der Waals surface area contributed by atoms with Crippen molar-refractivity contribution in [3.63, 3.8) is 0 Å². The summed E-state index contributed by atoms with van der Waals surface area (Å²) in [6, 6.07) is 6.94. The maximum absolute atomic E-state index is 12.3. The van der Waals surface area contributed by atoms with Crippen molar-refractivity contribution in [3.05, 3.63) is 29.8 Å². The Morgan fingerprint density at radius 2 is 1.95 bits per heavy atom. The molecule has 0 aromatic heterocycles. The van der Waals surface area contributed by atoms with Crippen molar-refractivity contribution >= 4 is 10.0 Å². The highest BCUT2D eigenvalue weighted by Crippen LogP contribution is 2.23. The van der Waals surface area contributed by atoms with Gasteiger partial charge < -0.3 is 10.1 Å². The fraction of sp³-hybridized carbons (Fsp3) is 0.571. The van der Waals surface area contributed by atoms with E-state index in [4.69, 9.17) is 4.74 Å². The van der Waals surface area contributed by atoms with E-state index >= 15 is 0 Å². The quantitative estimate of drug-likeness (QED) is 0.829. The summed E-state index contributed by atoms with van der Waals surface area (Å²) in [4.78, 5) is 0.318. The molecular formula is C14H22N2O3S. The Hall–Kier alpha value is -0.950. The Morgan fingerprint density at radius 3 is 2.50 bits per heavy atom. The van der Waals surface area contributed by atoms with Crippen LogP contribution in [0.2, 0.25) is 0 Å². The molecule has 2 atom stereocenters. The molecule has 0 saturated heterocycles. The van der Waals surface area contributed by atoms with E-state index in [1.54, 1.807) is 19.2 Å². The van der Waals surface area contributed by atoms with Gasteiger partial charge in [0.1, 0.15) is 0 Å². The minimum atomic E-state index is -3.43. The van der Waals surface area contributed by atoms with Crippen LogP contribution in [0.5, 0.6) is 0 Å². The molecule has 0 bridgehead atoms. The molecule has 20 heavy (non-hydrogen) atoms. The molecule has 1 aromatic rings. The van der Waals surface area contributed by atoms with Crippen LogP contribution in [0.15, 0.2) is 29.2 Å². The average Bonchev–Trinajstić information content (AvgIpc) is 2.87.